The van der Waals surface area contributed by atoms with Gasteiger partial charge in [0.1, 0.15) is 11.6 Å². The molecule has 1 amide bonds. The second-order valence-corrected chi connectivity index (χ2v) is 7.63. The molecule has 8 heteroatoms. The highest BCUT2D eigenvalue weighted by atomic mass is 32.1. The van der Waals surface area contributed by atoms with Gasteiger partial charge in [-0.3, -0.25) is 14.5 Å². The number of anilines is 1. The van der Waals surface area contributed by atoms with E-state index in [-0.39, 0.29) is 24.9 Å². The second-order valence-electron chi connectivity index (χ2n) is 5.68. The molecule has 0 atom stereocenters. The van der Waals surface area contributed by atoms with Gasteiger partial charge in [-0.05, 0) is 18.6 Å². The van der Waals surface area contributed by atoms with Gasteiger partial charge in [-0.1, -0.05) is 12.1 Å². The van der Waals surface area contributed by atoms with Gasteiger partial charge in [0.2, 0.25) is 5.91 Å². The van der Waals surface area contributed by atoms with E-state index in [2.05, 4.69) is 9.97 Å². The third kappa shape index (κ3) is 3.54. The molecule has 2 aromatic heterocycles. The van der Waals surface area contributed by atoms with Crippen LogP contribution in [-0.2, 0) is 27.4 Å². The molecule has 1 aromatic carbocycles. The van der Waals surface area contributed by atoms with E-state index in [0.717, 1.165) is 21.6 Å². The fraction of sp³-hybridized carbons (Fsp3) is 0.294. The molecule has 1 fully saturated rings. The van der Waals surface area contributed by atoms with Crippen molar-refractivity contribution in [2.75, 3.05) is 11.4 Å². The van der Waals surface area contributed by atoms with E-state index >= 15 is 0 Å². The summed E-state index contributed by atoms with van der Waals surface area (Å²) in [6.45, 7) is 0.869. The molecule has 3 heterocycles. The van der Waals surface area contributed by atoms with Crippen LogP contribution in [0.25, 0.3) is 10.2 Å². The van der Waals surface area contributed by atoms with Crippen LogP contribution in [0, 0.1) is 0 Å². The maximum atomic E-state index is 12.0. The predicted octanol–water partition coefficient (Wildman–Crippen LogP) is 3.17. The number of carbonyl (C=O) groups excluding carboxylic acids is 2. The van der Waals surface area contributed by atoms with E-state index < -0.39 is 0 Å². The lowest BCUT2D eigenvalue weighted by molar-refractivity contribution is -0.144. The molecule has 6 nitrogen and oxygen atoms in total. The van der Waals surface area contributed by atoms with Crippen molar-refractivity contribution in [3.63, 3.8) is 0 Å². The van der Waals surface area contributed by atoms with E-state index in [1.807, 2.05) is 24.3 Å². The summed E-state index contributed by atoms with van der Waals surface area (Å²) in [5, 5.41) is 3.24. The first-order valence-corrected chi connectivity index (χ1v) is 9.63. The molecule has 0 radical (unpaired) electrons. The molecule has 25 heavy (non-hydrogen) atoms. The highest BCUT2D eigenvalue weighted by Crippen LogP contribution is 2.26. The minimum atomic E-state index is -0.344. The molecule has 1 aliphatic rings. The number of nitrogens with zero attached hydrogens (tertiary/aromatic N) is 3. The highest BCUT2D eigenvalue weighted by molar-refractivity contribution is 7.18. The summed E-state index contributed by atoms with van der Waals surface area (Å²) in [5.41, 5.74) is 1.55. The molecule has 1 saturated heterocycles. The standard InChI is InChI=1S/C17H15N3O3S2/c21-15-6-3-7-20(15)17-18-11(10-24-17)8-16(22)23-9-14-19-12-4-1-2-5-13(12)25-14/h1-2,4-5,10H,3,6-9H2. The van der Waals surface area contributed by atoms with Crippen LogP contribution in [0.5, 0.6) is 0 Å². The Balaban J connectivity index is 1.34. The van der Waals surface area contributed by atoms with Crippen LogP contribution in [0.2, 0.25) is 0 Å². The average molecular weight is 373 g/mol. The number of esters is 1. The second kappa shape index (κ2) is 6.89. The van der Waals surface area contributed by atoms with E-state index in [0.29, 0.717) is 23.8 Å². The van der Waals surface area contributed by atoms with Crippen molar-refractivity contribution in [2.45, 2.75) is 25.9 Å². The number of aromatic nitrogens is 2. The van der Waals surface area contributed by atoms with Crippen molar-refractivity contribution in [3.05, 3.63) is 40.3 Å². The van der Waals surface area contributed by atoms with Crippen LogP contribution < -0.4 is 4.90 Å². The smallest absolute Gasteiger partial charge is 0.312 e. The summed E-state index contributed by atoms with van der Waals surface area (Å²) < 4.78 is 6.39. The van der Waals surface area contributed by atoms with E-state index in [1.54, 1.807) is 10.3 Å². The summed E-state index contributed by atoms with van der Waals surface area (Å²) in [6, 6.07) is 7.83. The lowest BCUT2D eigenvalue weighted by Gasteiger charge is -2.10. The van der Waals surface area contributed by atoms with Crippen LogP contribution in [0.15, 0.2) is 29.6 Å². The van der Waals surface area contributed by atoms with E-state index in [4.69, 9.17) is 4.74 Å². The molecule has 128 valence electrons. The highest BCUT2D eigenvalue weighted by Gasteiger charge is 2.24. The largest absolute Gasteiger partial charge is 0.458 e. The fourth-order valence-corrected chi connectivity index (χ4v) is 4.42. The third-order valence-corrected chi connectivity index (χ3v) is 5.79. The number of amides is 1. The lowest BCUT2D eigenvalue weighted by Crippen LogP contribution is -2.23. The Morgan fingerprint density at radius 1 is 1.28 bits per heavy atom. The Kier molecular flexibility index (Phi) is 4.46. The Hall–Kier alpha value is -2.32. The summed E-state index contributed by atoms with van der Waals surface area (Å²) in [5.74, 6) is -0.247. The van der Waals surface area contributed by atoms with Gasteiger partial charge in [-0.25, -0.2) is 9.97 Å². The topological polar surface area (TPSA) is 72.4 Å². The number of ether oxygens (including phenoxy) is 1. The molecule has 0 spiro atoms. The van der Waals surface area contributed by atoms with Crippen LogP contribution in [0.1, 0.15) is 23.5 Å². The molecule has 0 aliphatic carbocycles. The number of fused-ring (bicyclic) bond motifs is 1. The van der Waals surface area contributed by atoms with Crippen LogP contribution in [0.3, 0.4) is 0 Å². The Bertz CT molecular complexity index is 901. The lowest BCUT2D eigenvalue weighted by atomic mass is 10.3. The summed E-state index contributed by atoms with van der Waals surface area (Å²) >= 11 is 2.91. The predicted molar refractivity (Wildman–Crippen MR) is 96.8 cm³/mol. The van der Waals surface area contributed by atoms with Gasteiger partial charge in [0, 0.05) is 18.3 Å². The fourth-order valence-electron chi connectivity index (χ4n) is 2.67. The molecule has 0 N–H and O–H groups in total. The zero-order valence-electron chi connectivity index (χ0n) is 13.3. The quantitative estimate of drug-likeness (QED) is 0.643. The van der Waals surface area contributed by atoms with Crippen molar-refractivity contribution in [1.82, 2.24) is 9.97 Å². The molecule has 0 bridgehead atoms. The van der Waals surface area contributed by atoms with Gasteiger partial charge in [-0.2, -0.15) is 0 Å². The summed E-state index contributed by atoms with van der Waals surface area (Å²) in [6.07, 6.45) is 1.53. The van der Waals surface area contributed by atoms with Crippen molar-refractivity contribution in [1.29, 1.82) is 0 Å². The van der Waals surface area contributed by atoms with Crippen LogP contribution >= 0.6 is 22.7 Å². The Labute approximate surface area is 152 Å². The molecule has 0 unspecified atom stereocenters. The minimum absolute atomic E-state index is 0.0966. The van der Waals surface area contributed by atoms with Gasteiger partial charge in [0.15, 0.2) is 5.13 Å². The molecule has 1 aliphatic heterocycles. The molecular formula is C17H15N3O3S2. The zero-order valence-corrected chi connectivity index (χ0v) is 14.9. The number of carbonyl (C=O) groups is 2. The number of benzene rings is 1. The monoisotopic (exact) mass is 373 g/mol. The first-order valence-electron chi connectivity index (χ1n) is 7.94. The maximum Gasteiger partial charge on any atom is 0.312 e. The zero-order chi connectivity index (χ0) is 17.2. The van der Waals surface area contributed by atoms with Crippen molar-refractivity contribution >= 4 is 49.9 Å². The van der Waals surface area contributed by atoms with Gasteiger partial charge >= 0.3 is 5.97 Å². The summed E-state index contributed by atoms with van der Waals surface area (Å²) in [4.78, 5) is 34.3. The van der Waals surface area contributed by atoms with Crippen molar-refractivity contribution in [3.8, 4) is 0 Å². The van der Waals surface area contributed by atoms with E-state index in [1.165, 1.54) is 22.7 Å². The minimum Gasteiger partial charge on any atom is -0.458 e. The van der Waals surface area contributed by atoms with Crippen molar-refractivity contribution in [2.24, 2.45) is 0 Å². The van der Waals surface area contributed by atoms with Gasteiger partial charge in [0.05, 0.1) is 22.3 Å². The van der Waals surface area contributed by atoms with Gasteiger partial charge < -0.3 is 4.74 Å². The molecule has 3 aromatic rings. The Morgan fingerprint density at radius 2 is 2.16 bits per heavy atom. The molecule has 0 saturated carbocycles. The number of hydrogen-bond donors (Lipinski definition) is 0. The normalized spacial score (nSPS) is 14.4. The molecular weight excluding hydrogens is 358 g/mol. The first-order chi connectivity index (χ1) is 12.2. The van der Waals surface area contributed by atoms with Gasteiger partial charge in [-0.15, -0.1) is 22.7 Å². The number of para-hydroxylation sites is 1. The van der Waals surface area contributed by atoms with Crippen molar-refractivity contribution < 1.29 is 14.3 Å². The number of thiazole rings is 2. The third-order valence-electron chi connectivity index (χ3n) is 3.86. The van der Waals surface area contributed by atoms with E-state index in [9.17, 15) is 9.59 Å². The summed E-state index contributed by atoms with van der Waals surface area (Å²) in [7, 11) is 0. The van der Waals surface area contributed by atoms with Crippen LogP contribution in [-0.4, -0.2) is 28.4 Å². The number of hydrogen-bond acceptors (Lipinski definition) is 7. The van der Waals surface area contributed by atoms with Crippen LogP contribution in [0.4, 0.5) is 5.13 Å². The maximum absolute atomic E-state index is 12.0. The SMILES string of the molecule is O=C(Cc1csc(N2CCCC2=O)n1)OCc1nc2ccccc2s1. The average Bonchev–Trinajstić information content (AvgIpc) is 3.31. The number of rotatable bonds is 5. The molecule has 4 rings (SSSR count). The Morgan fingerprint density at radius 3 is 2.96 bits per heavy atom. The first kappa shape index (κ1) is 16.2. The van der Waals surface area contributed by atoms with Gasteiger partial charge in [0.25, 0.3) is 0 Å².